The Balaban J connectivity index is 1.82. The van der Waals surface area contributed by atoms with Crippen molar-refractivity contribution >= 4 is 33.4 Å². The number of carbonyl (C=O) groups is 2. The number of rotatable bonds is 5. The Bertz CT molecular complexity index is 782. The van der Waals surface area contributed by atoms with E-state index in [2.05, 4.69) is 21.2 Å². The van der Waals surface area contributed by atoms with Crippen LogP contribution in [0.3, 0.4) is 0 Å². The van der Waals surface area contributed by atoms with Crippen LogP contribution >= 0.6 is 15.9 Å². The molecule has 5 nitrogen and oxygen atoms in total. The van der Waals surface area contributed by atoms with Crippen LogP contribution in [-0.2, 0) is 26.2 Å². The molecular weight excluding hydrogens is 396 g/mol. The Morgan fingerprint density at radius 1 is 1.04 bits per heavy atom. The van der Waals surface area contributed by atoms with Crippen molar-refractivity contribution in [3.8, 4) is 0 Å². The van der Waals surface area contributed by atoms with Gasteiger partial charge in [-0.1, -0.05) is 40.2 Å². The summed E-state index contributed by atoms with van der Waals surface area (Å²) in [6, 6.07) is 15.1. The molecule has 2 aromatic rings. The van der Waals surface area contributed by atoms with Gasteiger partial charge in [0.05, 0.1) is 11.8 Å². The minimum atomic E-state index is -0.606. The van der Waals surface area contributed by atoms with Gasteiger partial charge < -0.3 is 15.8 Å². The number of nitrogens with two attached hydrogens (primary N) is 1. The summed E-state index contributed by atoms with van der Waals surface area (Å²) in [5, 5.41) is 3.02. The molecular formula is C20H21BrN2O3. The molecule has 0 atom stereocenters. The molecule has 1 heterocycles. The van der Waals surface area contributed by atoms with Crippen LogP contribution in [0.5, 0.6) is 0 Å². The Hall–Kier alpha value is -2.18. The second kappa shape index (κ2) is 8.01. The molecule has 6 heteroatoms. The Morgan fingerprint density at radius 2 is 1.65 bits per heavy atom. The minimum absolute atomic E-state index is 0.0363. The van der Waals surface area contributed by atoms with E-state index in [0.717, 1.165) is 15.6 Å². The van der Waals surface area contributed by atoms with Crippen molar-refractivity contribution in [3.63, 3.8) is 0 Å². The molecule has 3 rings (SSSR count). The highest BCUT2D eigenvalue weighted by molar-refractivity contribution is 9.10. The summed E-state index contributed by atoms with van der Waals surface area (Å²) >= 11 is 3.44. The molecule has 0 saturated carbocycles. The molecule has 1 fully saturated rings. The molecule has 2 amide bonds. The number of primary amides is 1. The van der Waals surface area contributed by atoms with Gasteiger partial charge in [-0.05, 0) is 48.2 Å². The summed E-state index contributed by atoms with van der Waals surface area (Å²) in [6.45, 7) is 1.11. The zero-order chi connectivity index (χ0) is 18.6. The Morgan fingerprint density at radius 3 is 2.23 bits per heavy atom. The van der Waals surface area contributed by atoms with Crippen LogP contribution < -0.4 is 11.1 Å². The lowest BCUT2D eigenvalue weighted by molar-refractivity contribution is -0.125. The van der Waals surface area contributed by atoms with Gasteiger partial charge in [0, 0.05) is 23.4 Å². The third kappa shape index (κ3) is 4.14. The lowest BCUT2D eigenvalue weighted by Gasteiger charge is -2.36. The van der Waals surface area contributed by atoms with Crippen molar-refractivity contribution in [2.24, 2.45) is 5.73 Å². The fraction of sp³-hybridized carbons (Fsp3) is 0.300. The van der Waals surface area contributed by atoms with Crippen LogP contribution in [0, 0.1) is 0 Å². The zero-order valence-corrected chi connectivity index (χ0v) is 15.9. The van der Waals surface area contributed by atoms with E-state index in [9.17, 15) is 9.59 Å². The third-order valence-electron chi connectivity index (χ3n) is 4.77. The van der Waals surface area contributed by atoms with Crippen LogP contribution in [0.2, 0.25) is 0 Å². The first-order valence-electron chi connectivity index (χ1n) is 8.52. The second-order valence-electron chi connectivity index (χ2n) is 6.50. The topological polar surface area (TPSA) is 81.4 Å². The van der Waals surface area contributed by atoms with Gasteiger partial charge in [0.25, 0.3) is 0 Å². The average molecular weight is 417 g/mol. The molecule has 3 N–H and O–H groups in total. The van der Waals surface area contributed by atoms with E-state index in [0.29, 0.717) is 31.7 Å². The molecule has 0 bridgehead atoms. The summed E-state index contributed by atoms with van der Waals surface area (Å²) < 4.78 is 6.47. The lowest BCUT2D eigenvalue weighted by Crippen LogP contribution is -2.44. The first kappa shape index (κ1) is 18.6. The quantitative estimate of drug-likeness (QED) is 0.784. The lowest BCUT2D eigenvalue weighted by atomic mass is 9.73. The van der Waals surface area contributed by atoms with Gasteiger partial charge >= 0.3 is 0 Å². The minimum Gasteiger partial charge on any atom is -0.381 e. The number of hydrogen-bond donors (Lipinski definition) is 2. The fourth-order valence-electron chi connectivity index (χ4n) is 3.29. The van der Waals surface area contributed by atoms with Gasteiger partial charge in [-0.2, -0.15) is 0 Å². The van der Waals surface area contributed by atoms with Crippen molar-refractivity contribution in [1.29, 1.82) is 0 Å². The van der Waals surface area contributed by atoms with Crippen molar-refractivity contribution in [1.82, 2.24) is 0 Å². The van der Waals surface area contributed by atoms with E-state index >= 15 is 0 Å². The summed E-state index contributed by atoms with van der Waals surface area (Å²) in [5.41, 5.74) is 7.12. The highest BCUT2D eigenvalue weighted by Crippen LogP contribution is 2.36. The van der Waals surface area contributed by atoms with Gasteiger partial charge in [-0.3, -0.25) is 9.59 Å². The van der Waals surface area contributed by atoms with Crippen molar-refractivity contribution < 1.29 is 14.3 Å². The summed E-state index contributed by atoms with van der Waals surface area (Å²) in [5.74, 6) is -0.413. The summed E-state index contributed by atoms with van der Waals surface area (Å²) in [7, 11) is 0. The number of nitrogens with one attached hydrogen (secondary N) is 1. The monoisotopic (exact) mass is 416 g/mol. The smallest absolute Gasteiger partial charge is 0.235 e. The van der Waals surface area contributed by atoms with Crippen LogP contribution in [-0.4, -0.2) is 25.0 Å². The van der Waals surface area contributed by atoms with Gasteiger partial charge in [0.2, 0.25) is 11.8 Å². The maximum atomic E-state index is 13.2. The van der Waals surface area contributed by atoms with Gasteiger partial charge in [0.15, 0.2) is 0 Å². The van der Waals surface area contributed by atoms with Crippen LogP contribution in [0.4, 0.5) is 5.69 Å². The molecule has 0 aromatic heterocycles. The van der Waals surface area contributed by atoms with E-state index < -0.39 is 5.41 Å². The Labute approximate surface area is 161 Å². The van der Waals surface area contributed by atoms with E-state index in [1.165, 1.54) is 0 Å². The number of anilines is 1. The van der Waals surface area contributed by atoms with E-state index in [1.54, 1.807) is 24.3 Å². The SMILES string of the molecule is NC(=O)Cc1ccc(NC(=O)C2(c3ccc(Br)cc3)CCOCC2)cc1. The zero-order valence-electron chi connectivity index (χ0n) is 14.3. The number of halogens is 1. The van der Waals surface area contributed by atoms with E-state index in [1.807, 2.05) is 24.3 Å². The van der Waals surface area contributed by atoms with Crippen LogP contribution in [0.15, 0.2) is 53.0 Å². The van der Waals surface area contributed by atoms with Crippen molar-refractivity contribution in [2.75, 3.05) is 18.5 Å². The first-order valence-corrected chi connectivity index (χ1v) is 9.31. The Kier molecular flexibility index (Phi) is 5.74. The predicted molar refractivity (Wildman–Crippen MR) is 104 cm³/mol. The third-order valence-corrected chi connectivity index (χ3v) is 5.30. The highest BCUT2D eigenvalue weighted by atomic mass is 79.9. The molecule has 136 valence electrons. The first-order chi connectivity index (χ1) is 12.5. The largest absolute Gasteiger partial charge is 0.381 e. The number of hydrogen-bond acceptors (Lipinski definition) is 3. The van der Waals surface area contributed by atoms with E-state index in [4.69, 9.17) is 10.5 Å². The molecule has 0 spiro atoms. The molecule has 0 unspecified atom stereocenters. The van der Waals surface area contributed by atoms with E-state index in [-0.39, 0.29) is 18.2 Å². The molecule has 2 aromatic carbocycles. The fourth-order valence-corrected chi connectivity index (χ4v) is 3.56. The van der Waals surface area contributed by atoms with Gasteiger partial charge in [0.1, 0.15) is 0 Å². The molecule has 0 radical (unpaired) electrons. The number of amides is 2. The highest BCUT2D eigenvalue weighted by Gasteiger charge is 2.41. The second-order valence-corrected chi connectivity index (χ2v) is 7.41. The van der Waals surface area contributed by atoms with Crippen LogP contribution in [0.25, 0.3) is 0 Å². The van der Waals surface area contributed by atoms with Crippen molar-refractivity contribution in [2.45, 2.75) is 24.7 Å². The molecule has 1 aliphatic heterocycles. The van der Waals surface area contributed by atoms with Crippen molar-refractivity contribution in [3.05, 3.63) is 64.1 Å². The molecule has 26 heavy (non-hydrogen) atoms. The summed E-state index contributed by atoms with van der Waals surface area (Å²) in [4.78, 5) is 24.2. The maximum Gasteiger partial charge on any atom is 0.235 e. The molecule has 1 aliphatic rings. The van der Waals surface area contributed by atoms with Crippen LogP contribution in [0.1, 0.15) is 24.0 Å². The standard InChI is InChI=1S/C20H21BrN2O3/c21-16-5-3-15(4-6-16)20(9-11-26-12-10-20)19(25)23-17-7-1-14(2-8-17)13-18(22)24/h1-8H,9-13H2,(H2,22,24)(H,23,25). The number of carbonyl (C=O) groups excluding carboxylic acids is 2. The number of ether oxygens (including phenoxy) is 1. The maximum absolute atomic E-state index is 13.2. The normalized spacial score (nSPS) is 16.0. The van der Waals surface area contributed by atoms with Gasteiger partial charge in [-0.25, -0.2) is 0 Å². The molecule has 0 aliphatic carbocycles. The molecule has 1 saturated heterocycles. The van der Waals surface area contributed by atoms with Gasteiger partial charge in [-0.15, -0.1) is 0 Å². The number of benzene rings is 2. The predicted octanol–water partition coefficient (Wildman–Crippen LogP) is 3.16. The summed E-state index contributed by atoms with van der Waals surface area (Å²) in [6.07, 6.45) is 1.47. The average Bonchev–Trinajstić information content (AvgIpc) is 2.64.